The van der Waals surface area contributed by atoms with Gasteiger partial charge in [0.25, 0.3) is 0 Å². The average molecular weight is 299 g/mol. The molecule has 3 rings (SSSR count). The number of carbonyl (C=O) groups is 2. The highest BCUT2D eigenvalue weighted by Gasteiger charge is 2.63. The molecule has 92 valence electrons. The number of carbonyl (C=O) groups excluding carboxylic acids is 2. The highest BCUT2D eigenvalue weighted by molar-refractivity contribution is 9.09. The molecule has 0 aromatic rings. The van der Waals surface area contributed by atoms with Crippen LogP contribution in [0.4, 0.5) is 0 Å². The first kappa shape index (κ1) is 11.6. The van der Waals surface area contributed by atoms with E-state index in [2.05, 4.69) is 15.9 Å². The molecular formula is C13H15BrO3. The predicted octanol–water partition coefficient (Wildman–Crippen LogP) is 1.48. The fraction of sp³-hybridized carbons (Fsp3) is 0.692. The third-order valence-electron chi connectivity index (χ3n) is 4.90. The molecule has 2 fully saturated rings. The minimum Gasteiger partial charge on any atom is -0.393 e. The molecule has 0 radical (unpaired) electrons. The van der Waals surface area contributed by atoms with Crippen molar-refractivity contribution in [1.82, 2.24) is 0 Å². The smallest absolute Gasteiger partial charge is 0.163 e. The molecule has 0 heterocycles. The zero-order chi connectivity index (χ0) is 12.5. The van der Waals surface area contributed by atoms with Crippen molar-refractivity contribution < 1.29 is 14.7 Å². The van der Waals surface area contributed by atoms with E-state index in [4.69, 9.17) is 0 Å². The summed E-state index contributed by atoms with van der Waals surface area (Å²) in [4.78, 5) is 24.7. The highest BCUT2D eigenvalue weighted by atomic mass is 79.9. The topological polar surface area (TPSA) is 54.4 Å². The van der Waals surface area contributed by atoms with Gasteiger partial charge in [-0.05, 0) is 37.3 Å². The minimum atomic E-state index is -0.436. The molecule has 2 bridgehead atoms. The number of alkyl halides is 1. The third kappa shape index (κ3) is 1.26. The van der Waals surface area contributed by atoms with Crippen molar-refractivity contribution >= 4 is 27.5 Å². The first-order chi connectivity index (χ1) is 7.95. The molecule has 0 aliphatic heterocycles. The monoisotopic (exact) mass is 298 g/mol. The van der Waals surface area contributed by atoms with Crippen molar-refractivity contribution in [2.45, 2.75) is 31.2 Å². The van der Waals surface area contributed by atoms with Crippen LogP contribution in [0, 0.1) is 23.7 Å². The summed E-state index contributed by atoms with van der Waals surface area (Å²) in [5.41, 5.74) is 1.22. The van der Waals surface area contributed by atoms with Gasteiger partial charge < -0.3 is 5.11 Å². The van der Waals surface area contributed by atoms with Crippen LogP contribution in [0.2, 0.25) is 0 Å². The highest BCUT2D eigenvalue weighted by Crippen LogP contribution is 2.58. The van der Waals surface area contributed by atoms with Crippen molar-refractivity contribution in [2.24, 2.45) is 23.7 Å². The molecule has 2 saturated carbocycles. The van der Waals surface area contributed by atoms with Gasteiger partial charge in [0.05, 0.1) is 6.10 Å². The molecule has 0 saturated heterocycles. The van der Waals surface area contributed by atoms with E-state index in [0.717, 1.165) is 0 Å². The van der Waals surface area contributed by atoms with Gasteiger partial charge in [0.15, 0.2) is 11.6 Å². The van der Waals surface area contributed by atoms with Crippen molar-refractivity contribution in [1.29, 1.82) is 0 Å². The molecule has 0 aromatic heterocycles. The molecule has 17 heavy (non-hydrogen) atoms. The summed E-state index contributed by atoms with van der Waals surface area (Å²) >= 11 is 3.57. The number of rotatable bonds is 0. The van der Waals surface area contributed by atoms with E-state index < -0.39 is 6.10 Å². The minimum absolute atomic E-state index is 0.0720. The molecule has 0 spiro atoms. The summed E-state index contributed by atoms with van der Waals surface area (Å²) in [5, 5.41) is 9.98. The van der Waals surface area contributed by atoms with Crippen molar-refractivity contribution in [3.63, 3.8) is 0 Å². The number of Topliss-reactive ketones (excluding diaryl/α,β-unsaturated/α-hetero) is 2. The van der Waals surface area contributed by atoms with E-state index >= 15 is 0 Å². The third-order valence-corrected chi connectivity index (χ3v) is 6.19. The Kier molecular flexibility index (Phi) is 2.40. The van der Waals surface area contributed by atoms with E-state index in [1.807, 2.05) is 0 Å². The van der Waals surface area contributed by atoms with Crippen molar-refractivity contribution in [3.05, 3.63) is 11.1 Å². The van der Waals surface area contributed by atoms with Crippen LogP contribution in [-0.4, -0.2) is 27.6 Å². The second-order valence-corrected chi connectivity index (χ2v) is 6.58. The molecule has 1 N–H and O–H groups in total. The standard InChI is InChI=1S/C13H15BrO3/c1-4-5(2)13(17)10-8(12(4)16)6-3-7(15)9(10)11(6)14/h6-11,15H,3H2,1-2H3. The fourth-order valence-corrected chi connectivity index (χ4v) is 5.14. The molecular weight excluding hydrogens is 284 g/mol. The summed E-state index contributed by atoms with van der Waals surface area (Å²) in [7, 11) is 0. The zero-order valence-corrected chi connectivity index (χ0v) is 11.4. The van der Waals surface area contributed by atoms with Gasteiger partial charge in [0.2, 0.25) is 0 Å². The maximum absolute atomic E-state index is 12.3. The van der Waals surface area contributed by atoms with E-state index in [-0.39, 0.29) is 40.1 Å². The maximum atomic E-state index is 12.3. The van der Waals surface area contributed by atoms with Gasteiger partial charge >= 0.3 is 0 Å². The van der Waals surface area contributed by atoms with Crippen LogP contribution in [0.1, 0.15) is 20.3 Å². The molecule has 6 unspecified atom stereocenters. The molecule has 3 aliphatic carbocycles. The molecule has 6 atom stereocenters. The van der Waals surface area contributed by atoms with Gasteiger partial charge in [-0.15, -0.1) is 0 Å². The average Bonchev–Trinajstić information content (AvgIpc) is 2.73. The van der Waals surface area contributed by atoms with E-state index in [9.17, 15) is 14.7 Å². The number of hydrogen-bond acceptors (Lipinski definition) is 3. The summed E-state index contributed by atoms with van der Waals surface area (Å²) < 4.78 is 0. The Bertz CT molecular complexity index is 454. The number of aliphatic hydroxyl groups is 1. The Morgan fingerprint density at radius 1 is 1.12 bits per heavy atom. The van der Waals surface area contributed by atoms with Crippen LogP contribution in [0.3, 0.4) is 0 Å². The number of ketones is 2. The Morgan fingerprint density at radius 2 is 1.65 bits per heavy atom. The Labute approximate surface area is 108 Å². The van der Waals surface area contributed by atoms with Gasteiger partial charge in [0, 0.05) is 22.6 Å². The number of fused-ring (bicyclic) bond motifs is 5. The second-order valence-electron chi connectivity index (χ2n) is 5.52. The van der Waals surface area contributed by atoms with Crippen molar-refractivity contribution in [2.75, 3.05) is 0 Å². The van der Waals surface area contributed by atoms with Crippen LogP contribution in [0.25, 0.3) is 0 Å². The quantitative estimate of drug-likeness (QED) is 0.689. The zero-order valence-electron chi connectivity index (χ0n) is 9.81. The first-order valence-corrected chi connectivity index (χ1v) is 6.94. The Hall–Kier alpha value is -0.480. The van der Waals surface area contributed by atoms with E-state index in [1.54, 1.807) is 13.8 Å². The lowest BCUT2D eigenvalue weighted by atomic mass is 9.67. The SMILES string of the molecule is CC1=C(C)C(=O)C2C(C1=O)C1CC(O)C2C1Br. The molecule has 3 nitrogen and oxygen atoms in total. The molecule has 0 amide bonds. The predicted molar refractivity (Wildman–Crippen MR) is 65.7 cm³/mol. The Morgan fingerprint density at radius 3 is 2.24 bits per heavy atom. The number of halogens is 1. The molecule has 0 aromatic carbocycles. The van der Waals surface area contributed by atoms with Gasteiger partial charge in [0.1, 0.15) is 0 Å². The van der Waals surface area contributed by atoms with Crippen LogP contribution < -0.4 is 0 Å². The largest absolute Gasteiger partial charge is 0.393 e. The molecule has 3 aliphatic rings. The summed E-state index contributed by atoms with van der Waals surface area (Å²) in [5.74, 6) is -0.240. The second kappa shape index (κ2) is 3.51. The van der Waals surface area contributed by atoms with Gasteiger partial charge in [-0.1, -0.05) is 15.9 Å². The number of aliphatic hydroxyl groups excluding tert-OH is 1. The summed E-state index contributed by atoms with van der Waals surface area (Å²) in [6, 6.07) is 0. The van der Waals surface area contributed by atoms with Gasteiger partial charge in [-0.25, -0.2) is 0 Å². The maximum Gasteiger partial charge on any atom is 0.163 e. The molecule has 4 heteroatoms. The van der Waals surface area contributed by atoms with Gasteiger partial charge in [-0.2, -0.15) is 0 Å². The lowest BCUT2D eigenvalue weighted by molar-refractivity contribution is -0.134. The first-order valence-electron chi connectivity index (χ1n) is 6.03. The normalized spacial score (nSPS) is 48.9. The van der Waals surface area contributed by atoms with Gasteiger partial charge in [-0.3, -0.25) is 9.59 Å². The van der Waals surface area contributed by atoms with Crippen LogP contribution >= 0.6 is 15.9 Å². The van der Waals surface area contributed by atoms with Crippen molar-refractivity contribution in [3.8, 4) is 0 Å². The lowest BCUT2D eigenvalue weighted by Gasteiger charge is -2.35. The fourth-order valence-electron chi connectivity index (χ4n) is 3.92. The van der Waals surface area contributed by atoms with Crippen LogP contribution in [0.15, 0.2) is 11.1 Å². The van der Waals surface area contributed by atoms with E-state index in [0.29, 0.717) is 17.6 Å². The number of allylic oxidation sites excluding steroid dienone is 2. The Balaban J connectivity index is 2.11. The summed E-state index contributed by atoms with van der Waals surface area (Å²) in [6.07, 6.45) is 0.209. The summed E-state index contributed by atoms with van der Waals surface area (Å²) in [6.45, 7) is 3.48. The van der Waals surface area contributed by atoms with Crippen LogP contribution in [-0.2, 0) is 9.59 Å². The lowest BCUT2D eigenvalue weighted by Crippen LogP contribution is -2.44. The van der Waals surface area contributed by atoms with Crippen LogP contribution in [0.5, 0.6) is 0 Å². The van der Waals surface area contributed by atoms with E-state index in [1.165, 1.54) is 0 Å². The number of hydrogen-bond donors (Lipinski definition) is 1.